The van der Waals surface area contributed by atoms with Crippen LogP contribution in [0.2, 0.25) is 0 Å². The van der Waals surface area contributed by atoms with Gasteiger partial charge in [-0.25, -0.2) is 19.9 Å². The standard InChI is InChI=1S/C46H29N5/c1-3-16-31(17-4-1)41-40(42(32-18-5-2-6-19-32)50-46(49-41)36-25-14-20-30-15-7-8-23-35(30)36)33-21-13-22-34(29-33)43-45-44(37-24-9-10-26-38(37)47-43)48-39-27-11-12-28-51(39)45/h1-29H. The summed E-state index contributed by atoms with van der Waals surface area (Å²) in [5.41, 5.74) is 12.3. The third-order valence-electron chi connectivity index (χ3n) is 9.60. The van der Waals surface area contributed by atoms with Crippen LogP contribution < -0.4 is 0 Å². The monoisotopic (exact) mass is 651 g/mol. The molecule has 5 nitrogen and oxygen atoms in total. The summed E-state index contributed by atoms with van der Waals surface area (Å²) in [7, 11) is 0. The minimum Gasteiger partial charge on any atom is -0.298 e. The minimum atomic E-state index is 0.688. The molecule has 0 aliphatic carbocycles. The quantitative estimate of drug-likeness (QED) is 0.186. The van der Waals surface area contributed by atoms with Gasteiger partial charge in [-0.2, -0.15) is 0 Å². The Morgan fingerprint density at radius 1 is 0.412 bits per heavy atom. The number of rotatable bonds is 5. The van der Waals surface area contributed by atoms with Crippen LogP contribution in [0.25, 0.3) is 94.6 Å². The number of aromatic nitrogens is 5. The molecule has 0 radical (unpaired) electrons. The number of hydrogen-bond acceptors (Lipinski definition) is 4. The Morgan fingerprint density at radius 2 is 1.02 bits per heavy atom. The van der Waals surface area contributed by atoms with Crippen molar-refractivity contribution in [1.29, 1.82) is 0 Å². The van der Waals surface area contributed by atoms with E-state index in [9.17, 15) is 0 Å². The van der Waals surface area contributed by atoms with E-state index in [1.54, 1.807) is 0 Å². The molecule has 10 rings (SSSR count). The van der Waals surface area contributed by atoms with Crippen molar-refractivity contribution < 1.29 is 0 Å². The lowest BCUT2D eigenvalue weighted by Gasteiger charge is -2.18. The number of pyridine rings is 2. The summed E-state index contributed by atoms with van der Waals surface area (Å²) in [6.07, 6.45) is 2.06. The molecule has 4 heterocycles. The average molecular weight is 652 g/mol. The Hall–Kier alpha value is -6.98. The molecule has 4 aromatic heterocycles. The van der Waals surface area contributed by atoms with Crippen molar-refractivity contribution in [1.82, 2.24) is 24.3 Å². The highest BCUT2D eigenvalue weighted by Crippen LogP contribution is 2.42. The van der Waals surface area contributed by atoms with Crippen molar-refractivity contribution in [3.8, 4) is 56.3 Å². The third-order valence-corrected chi connectivity index (χ3v) is 9.60. The number of nitrogens with zero attached hydrogens (tertiary/aromatic N) is 5. The fourth-order valence-corrected chi connectivity index (χ4v) is 7.26. The lowest BCUT2D eigenvalue weighted by atomic mass is 9.92. The zero-order valence-corrected chi connectivity index (χ0v) is 27.5. The summed E-state index contributed by atoms with van der Waals surface area (Å²) in [4.78, 5) is 21.2. The first-order chi connectivity index (χ1) is 25.3. The summed E-state index contributed by atoms with van der Waals surface area (Å²) in [6, 6.07) is 58.6. The number of imidazole rings is 1. The van der Waals surface area contributed by atoms with Crippen LogP contribution in [0.5, 0.6) is 0 Å². The molecule has 10 aromatic rings. The van der Waals surface area contributed by atoms with E-state index in [4.69, 9.17) is 19.9 Å². The average Bonchev–Trinajstić information content (AvgIpc) is 3.61. The molecule has 0 saturated carbocycles. The molecule has 238 valence electrons. The van der Waals surface area contributed by atoms with Gasteiger partial charge in [0, 0.05) is 39.4 Å². The van der Waals surface area contributed by atoms with Crippen LogP contribution in [0.4, 0.5) is 0 Å². The Bertz CT molecular complexity index is 2850. The van der Waals surface area contributed by atoms with E-state index >= 15 is 0 Å². The molecule has 0 unspecified atom stereocenters. The Kier molecular flexibility index (Phi) is 6.74. The predicted octanol–water partition coefficient (Wildman–Crippen LogP) is 11.3. The van der Waals surface area contributed by atoms with Crippen molar-refractivity contribution in [2.75, 3.05) is 0 Å². The SMILES string of the molecule is c1ccc(-c2nc(-c3cccc4ccccc34)nc(-c3ccccc3)c2-c2cccc(-c3nc4ccccc4c4nc5ccccn5c34)c2)cc1. The summed E-state index contributed by atoms with van der Waals surface area (Å²) in [6.45, 7) is 0. The molecule has 0 N–H and O–H groups in total. The van der Waals surface area contributed by atoms with Gasteiger partial charge in [-0.1, -0.05) is 146 Å². The molecule has 6 aromatic carbocycles. The van der Waals surface area contributed by atoms with Crippen LogP contribution in [0.3, 0.4) is 0 Å². The van der Waals surface area contributed by atoms with Gasteiger partial charge in [-0.15, -0.1) is 0 Å². The van der Waals surface area contributed by atoms with Crippen LogP contribution in [0, 0.1) is 0 Å². The number of para-hydroxylation sites is 1. The molecule has 0 saturated heterocycles. The maximum atomic E-state index is 5.41. The van der Waals surface area contributed by atoms with E-state index in [0.717, 1.165) is 88.8 Å². The second-order valence-electron chi connectivity index (χ2n) is 12.7. The van der Waals surface area contributed by atoms with Crippen molar-refractivity contribution >= 4 is 38.4 Å². The lowest BCUT2D eigenvalue weighted by Crippen LogP contribution is -2.01. The normalized spacial score (nSPS) is 11.5. The summed E-state index contributed by atoms with van der Waals surface area (Å²) in [5, 5.41) is 3.30. The molecule has 0 aliphatic rings. The van der Waals surface area contributed by atoms with Gasteiger partial charge in [-0.3, -0.25) is 4.40 Å². The highest BCUT2D eigenvalue weighted by molar-refractivity contribution is 6.09. The molecule has 0 aliphatic heterocycles. The predicted molar refractivity (Wildman–Crippen MR) is 208 cm³/mol. The first-order valence-corrected chi connectivity index (χ1v) is 17.1. The third kappa shape index (κ3) is 4.86. The zero-order chi connectivity index (χ0) is 33.7. The van der Waals surface area contributed by atoms with Gasteiger partial charge in [-0.05, 0) is 40.6 Å². The van der Waals surface area contributed by atoms with E-state index in [-0.39, 0.29) is 0 Å². The largest absolute Gasteiger partial charge is 0.298 e. The maximum Gasteiger partial charge on any atom is 0.161 e. The zero-order valence-electron chi connectivity index (χ0n) is 27.5. The molecular weight excluding hydrogens is 623 g/mol. The van der Waals surface area contributed by atoms with Crippen molar-refractivity contribution in [3.63, 3.8) is 0 Å². The molecule has 5 heteroatoms. The van der Waals surface area contributed by atoms with Gasteiger partial charge in [0.2, 0.25) is 0 Å². The van der Waals surface area contributed by atoms with Gasteiger partial charge in [0.1, 0.15) is 11.2 Å². The number of fused-ring (bicyclic) bond motifs is 6. The van der Waals surface area contributed by atoms with Crippen LogP contribution in [-0.2, 0) is 0 Å². The first-order valence-electron chi connectivity index (χ1n) is 17.1. The molecule has 0 spiro atoms. The Morgan fingerprint density at radius 3 is 1.80 bits per heavy atom. The van der Waals surface area contributed by atoms with Crippen molar-refractivity contribution in [2.24, 2.45) is 0 Å². The second kappa shape index (κ2) is 11.9. The van der Waals surface area contributed by atoms with E-state index in [1.807, 2.05) is 42.5 Å². The minimum absolute atomic E-state index is 0.688. The summed E-state index contributed by atoms with van der Waals surface area (Å²) in [5.74, 6) is 0.688. The van der Waals surface area contributed by atoms with Gasteiger partial charge in [0.05, 0.1) is 28.1 Å². The van der Waals surface area contributed by atoms with Gasteiger partial charge < -0.3 is 0 Å². The highest BCUT2D eigenvalue weighted by Gasteiger charge is 2.22. The molecular formula is C46H29N5. The second-order valence-corrected chi connectivity index (χ2v) is 12.7. The number of benzene rings is 6. The Labute approximate surface area is 294 Å². The smallest absolute Gasteiger partial charge is 0.161 e. The summed E-state index contributed by atoms with van der Waals surface area (Å²) < 4.78 is 2.14. The van der Waals surface area contributed by atoms with E-state index in [1.165, 1.54) is 0 Å². The molecule has 0 fully saturated rings. The summed E-state index contributed by atoms with van der Waals surface area (Å²) >= 11 is 0. The van der Waals surface area contributed by atoms with E-state index in [0.29, 0.717) is 5.82 Å². The van der Waals surface area contributed by atoms with E-state index < -0.39 is 0 Å². The van der Waals surface area contributed by atoms with Crippen LogP contribution in [-0.4, -0.2) is 24.3 Å². The molecule has 0 amide bonds. The molecule has 0 atom stereocenters. The van der Waals surface area contributed by atoms with Crippen LogP contribution in [0.15, 0.2) is 176 Å². The van der Waals surface area contributed by atoms with Crippen LogP contribution >= 0.6 is 0 Å². The Balaban J connectivity index is 1.28. The number of hydrogen-bond donors (Lipinski definition) is 0. The maximum absolute atomic E-state index is 5.41. The molecule has 51 heavy (non-hydrogen) atoms. The fraction of sp³-hybridized carbons (Fsp3) is 0. The van der Waals surface area contributed by atoms with E-state index in [2.05, 4.69) is 138 Å². The van der Waals surface area contributed by atoms with Crippen LogP contribution in [0.1, 0.15) is 0 Å². The first kappa shape index (κ1) is 29.0. The van der Waals surface area contributed by atoms with Gasteiger partial charge >= 0.3 is 0 Å². The fourth-order valence-electron chi connectivity index (χ4n) is 7.26. The topological polar surface area (TPSA) is 56.0 Å². The van der Waals surface area contributed by atoms with Gasteiger partial charge in [0.25, 0.3) is 0 Å². The highest BCUT2D eigenvalue weighted by atomic mass is 15.0. The lowest BCUT2D eigenvalue weighted by molar-refractivity contribution is 1.19. The van der Waals surface area contributed by atoms with Crippen molar-refractivity contribution in [2.45, 2.75) is 0 Å². The molecule has 0 bridgehead atoms. The van der Waals surface area contributed by atoms with Gasteiger partial charge in [0.15, 0.2) is 5.82 Å². The van der Waals surface area contributed by atoms with Crippen molar-refractivity contribution in [3.05, 3.63) is 176 Å².